The van der Waals surface area contributed by atoms with Gasteiger partial charge in [-0.1, -0.05) is 12.1 Å². The number of hydrogen-bond donors (Lipinski definition) is 1. The van der Waals surface area contributed by atoms with Crippen LogP contribution >= 0.6 is 0 Å². The maximum Gasteiger partial charge on any atom is 0.238 e. The second-order valence-corrected chi connectivity index (χ2v) is 4.54. The molecular weight excluding hydrogens is 219 g/mol. The number of carbonyl (C=O) groups is 1. The molecule has 4 heteroatoms. The van der Waals surface area contributed by atoms with Crippen molar-refractivity contribution in [1.29, 1.82) is 0 Å². The molecule has 0 aliphatic carbocycles. The summed E-state index contributed by atoms with van der Waals surface area (Å²) in [4.78, 5) is 13.6. The lowest BCUT2D eigenvalue weighted by molar-refractivity contribution is -0.117. The third-order valence-corrected chi connectivity index (χ3v) is 2.88. The van der Waals surface area contributed by atoms with Crippen LogP contribution in [0.1, 0.15) is 12.0 Å². The van der Waals surface area contributed by atoms with Crippen LogP contribution in [0.5, 0.6) is 0 Å². The van der Waals surface area contributed by atoms with Crippen LogP contribution < -0.4 is 5.32 Å². The number of carbonyl (C=O) groups excluding carboxylic acids is 1. The molecule has 2 rings (SSSR count). The maximum absolute atomic E-state index is 12.9. The molecule has 1 unspecified atom stereocenters. The van der Waals surface area contributed by atoms with Crippen molar-refractivity contribution in [3.05, 3.63) is 29.8 Å². The van der Waals surface area contributed by atoms with Gasteiger partial charge in [-0.15, -0.1) is 0 Å². The van der Waals surface area contributed by atoms with Gasteiger partial charge in [0.2, 0.25) is 5.91 Å². The summed E-state index contributed by atoms with van der Waals surface area (Å²) < 4.78 is 12.9. The van der Waals surface area contributed by atoms with Crippen LogP contribution in [0.25, 0.3) is 0 Å². The van der Waals surface area contributed by atoms with Crippen LogP contribution in [0.3, 0.4) is 0 Å². The molecule has 1 heterocycles. The van der Waals surface area contributed by atoms with Gasteiger partial charge in [0.15, 0.2) is 0 Å². The van der Waals surface area contributed by atoms with Gasteiger partial charge in [0.25, 0.3) is 0 Å². The molecule has 1 saturated heterocycles. The summed E-state index contributed by atoms with van der Waals surface area (Å²) in [6.45, 7) is 3.29. The van der Waals surface area contributed by atoms with Crippen LogP contribution in [0, 0.1) is 6.92 Å². The quantitative estimate of drug-likeness (QED) is 0.870. The van der Waals surface area contributed by atoms with Gasteiger partial charge >= 0.3 is 0 Å². The van der Waals surface area contributed by atoms with Crippen LogP contribution in [0.2, 0.25) is 0 Å². The molecule has 1 fully saturated rings. The Kier molecular flexibility index (Phi) is 3.74. The van der Waals surface area contributed by atoms with Gasteiger partial charge in [-0.05, 0) is 31.0 Å². The van der Waals surface area contributed by atoms with Gasteiger partial charge < -0.3 is 5.32 Å². The van der Waals surface area contributed by atoms with Gasteiger partial charge in [0, 0.05) is 18.8 Å². The minimum atomic E-state index is -0.776. The monoisotopic (exact) mass is 236 g/mol. The lowest BCUT2D eigenvalue weighted by Gasteiger charge is -2.14. The smallest absolute Gasteiger partial charge is 0.238 e. The predicted molar refractivity (Wildman–Crippen MR) is 65.8 cm³/mol. The van der Waals surface area contributed by atoms with Crippen molar-refractivity contribution >= 4 is 11.6 Å². The fraction of sp³-hybridized carbons (Fsp3) is 0.462. The molecule has 0 aromatic heterocycles. The number of amides is 1. The summed E-state index contributed by atoms with van der Waals surface area (Å²) in [5, 5.41) is 2.82. The molecule has 17 heavy (non-hydrogen) atoms. The molecule has 1 atom stereocenters. The third kappa shape index (κ3) is 3.53. The zero-order valence-corrected chi connectivity index (χ0v) is 9.95. The van der Waals surface area contributed by atoms with Crippen LogP contribution in [-0.2, 0) is 4.79 Å². The minimum absolute atomic E-state index is 0.0790. The Labute approximate surface area is 101 Å². The normalized spacial score (nSPS) is 20.5. The zero-order valence-electron chi connectivity index (χ0n) is 9.95. The average Bonchev–Trinajstić information content (AvgIpc) is 2.63. The molecule has 1 amide bonds. The molecule has 0 spiro atoms. The van der Waals surface area contributed by atoms with E-state index in [0.29, 0.717) is 19.5 Å². The van der Waals surface area contributed by atoms with E-state index < -0.39 is 6.17 Å². The molecule has 1 aliphatic rings. The number of likely N-dealkylation sites (tertiary alicyclic amines) is 1. The van der Waals surface area contributed by atoms with Gasteiger partial charge in [0.05, 0.1) is 6.54 Å². The highest BCUT2D eigenvalue weighted by Crippen LogP contribution is 2.13. The Morgan fingerprint density at radius 2 is 2.41 bits per heavy atom. The first-order chi connectivity index (χ1) is 8.13. The Hall–Kier alpha value is -1.42. The average molecular weight is 236 g/mol. The molecule has 92 valence electrons. The first-order valence-electron chi connectivity index (χ1n) is 5.86. The molecule has 0 bridgehead atoms. The van der Waals surface area contributed by atoms with E-state index in [1.807, 2.05) is 36.1 Å². The highest BCUT2D eigenvalue weighted by molar-refractivity contribution is 5.92. The van der Waals surface area contributed by atoms with Crippen LogP contribution in [-0.4, -0.2) is 36.6 Å². The van der Waals surface area contributed by atoms with E-state index in [2.05, 4.69) is 5.32 Å². The van der Waals surface area contributed by atoms with E-state index in [0.717, 1.165) is 11.3 Å². The fourth-order valence-electron chi connectivity index (χ4n) is 2.06. The largest absolute Gasteiger partial charge is 0.325 e. The zero-order chi connectivity index (χ0) is 12.3. The van der Waals surface area contributed by atoms with Crippen molar-refractivity contribution in [3.63, 3.8) is 0 Å². The Bertz CT molecular complexity index is 408. The van der Waals surface area contributed by atoms with Crippen LogP contribution in [0.15, 0.2) is 24.3 Å². The lowest BCUT2D eigenvalue weighted by Crippen LogP contribution is -2.31. The summed E-state index contributed by atoms with van der Waals surface area (Å²) in [5.74, 6) is -0.0790. The molecule has 1 aromatic rings. The van der Waals surface area contributed by atoms with Crippen LogP contribution in [0.4, 0.5) is 10.1 Å². The van der Waals surface area contributed by atoms with Crippen molar-refractivity contribution < 1.29 is 9.18 Å². The first kappa shape index (κ1) is 12.0. The van der Waals surface area contributed by atoms with E-state index in [9.17, 15) is 9.18 Å². The molecule has 1 N–H and O–H groups in total. The molecular formula is C13H17FN2O. The number of halogens is 1. The van der Waals surface area contributed by atoms with Gasteiger partial charge in [-0.3, -0.25) is 9.69 Å². The Morgan fingerprint density at radius 1 is 1.59 bits per heavy atom. The van der Waals surface area contributed by atoms with E-state index >= 15 is 0 Å². The number of hydrogen-bond acceptors (Lipinski definition) is 2. The number of alkyl halides is 1. The SMILES string of the molecule is Cc1cccc(NC(=O)CN2CCC(F)C2)c1. The second kappa shape index (κ2) is 5.27. The third-order valence-electron chi connectivity index (χ3n) is 2.88. The Morgan fingerprint density at radius 3 is 3.06 bits per heavy atom. The van der Waals surface area contributed by atoms with Crippen molar-refractivity contribution in [1.82, 2.24) is 4.90 Å². The molecule has 1 aromatic carbocycles. The second-order valence-electron chi connectivity index (χ2n) is 4.54. The number of anilines is 1. The van der Waals surface area contributed by atoms with E-state index in [1.54, 1.807) is 0 Å². The standard InChI is InChI=1S/C13H17FN2O/c1-10-3-2-4-12(7-10)15-13(17)9-16-6-5-11(14)8-16/h2-4,7,11H,5-6,8-9H2,1H3,(H,15,17). The summed E-state index contributed by atoms with van der Waals surface area (Å²) in [6, 6.07) is 7.65. The summed E-state index contributed by atoms with van der Waals surface area (Å²) >= 11 is 0. The molecule has 1 aliphatic heterocycles. The lowest BCUT2D eigenvalue weighted by atomic mass is 10.2. The summed E-state index contributed by atoms with van der Waals surface area (Å²) in [7, 11) is 0. The van der Waals surface area contributed by atoms with Gasteiger partial charge in [0.1, 0.15) is 6.17 Å². The van der Waals surface area contributed by atoms with Crippen molar-refractivity contribution in [2.24, 2.45) is 0 Å². The molecule has 0 saturated carbocycles. The fourth-order valence-corrected chi connectivity index (χ4v) is 2.06. The Balaban J connectivity index is 1.85. The number of benzene rings is 1. The molecule has 3 nitrogen and oxygen atoms in total. The number of nitrogens with one attached hydrogen (secondary N) is 1. The first-order valence-corrected chi connectivity index (χ1v) is 5.86. The van der Waals surface area contributed by atoms with E-state index in [1.165, 1.54) is 0 Å². The molecule has 0 radical (unpaired) electrons. The number of rotatable bonds is 3. The number of aryl methyl sites for hydroxylation is 1. The summed E-state index contributed by atoms with van der Waals surface area (Å²) in [5.41, 5.74) is 1.90. The van der Waals surface area contributed by atoms with Crippen molar-refractivity contribution in [2.45, 2.75) is 19.5 Å². The van der Waals surface area contributed by atoms with Crippen molar-refractivity contribution in [3.8, 4) is 0 Å². The number of nitrogens with zero attached hydrogens (tertiary/aromatic N) is 1. The minimum Gasteiger partial charge on any atom is -0.325 e. The van der Waals surface area contributed by atoms with E-state index in [4.69, 9.17) is 0 Å². The van der Waals surface area contributed by atoms with Gasteiger partial charge in [-0.2, -0.15) is 0 Å². The van der Waals surface area contributed by atoms with Crippen molar-refractivity contribution in [2.75, 3.05) is 25.0 Å². The summed E-state index contributed by atoms with van der Waals surface area (Å²) in [6.07, 6.45) is -0.237. The van der Waals surface area contributed by atoms with E-state index in [-0.39, 0.29) is 12.5 Å². The maximum atomic E-state index is 12.9. The predicted octanol–water partition coefficient (Wildman–Crippen LogP) is 1.98. The highest BCUT2D eigenvalue weighted by Gasteiger charge is 2.23. The highest BCUT2D eigenvalue weighted by atomic mass is 19.1. The topological polar surface area (TPSA) is 32.3 Å². The van der Waals surface area contributed by atoms with Gasteiger partial charge in [-0.25, -0.2) is 4.39 Å².